The van der Waals surface area contributed by atoms with Crippen molar-refractivity contribution in [2.45, 2.75) is 20.3 Å². The number of para-hydroxylation sites is 1. The van der Waals surface area contributed by atoms with Crippen LogP contribution in [0.25, 0.3) is 21.9 Å². The zero-order chi connectivity index (χ0) is 22.9. The van der Waals surface area contributed by atoms with Gasteiger partial charge in [0.25, 0.3) is 5.91 Å². The third kappa shape index (κ3) is 4.11. The van der Waals surface area contributed by atoms with Crippen molar-refractivity contribution in [2.24, 2.45) is 0 Å². The van der Waals surface area contributed by atoms with Crippen LogP contribution in [-0.2, 0) is 11.2 Å². The lowest BCUT2D eigenvalue weighted by molar-refractivity contribution is -0.115. The van der Waals surface area contributed by atoms with E-state index < -0.39 is 5.91 Å². The summed E-state index contributed by atoms with van der Waals surface area (Å²) in [5.74, 6) is -0.650. The van der Waals surface area contributed by atoms with Crippen molar-refractivity contribution in [3.8, 4) is 0 Å². The van der Waals surface area contributed by atoms with Gasteiger partial charge >= 0.3 is 0 Å². The summed E-state index contributed by atoms with van der Waals surface area (Å²) in [6.45, 7) is 3.97. The molecular weight excluding hydrogens is 416 g/mol. The molecule has 0 saturated heterocycles. The van der Waals surface area contributed by atoms with Crippen molar-refractivity contribution >= 4 is 45.1 Å². The summed E-state index contributed by atoms with van der Waals surface area (Å²) >= 11 is 0. The van der Waals surface area contributed by atoms with E-state index in [4.69, 9.17) is 8.83 Å². The molecule has 6 nitrogen and oxygen atoms in total. The average Bonchev–Trinajstić information content (AvgIpc) is 3.37. The summed E-state index contributed by atoms with van der Waals surface area (Å²) in [4.78, 5) is 26.0. The second kappa shape index (κ2) is 8.31. The van der Waals surface area contributed by atoms with Crippen molar-refractivity contribution in [3.63, 3.8) is 0 Å². The number of furan rings is 2. The Kier molecular flexibility index (Phi) is 5.18. The number of benzene rings is 3. The van der Waals surface area contributed by atoms with Gasteiger partial charge < -0.3 is 19.5 Å². The molecule has 2 heterocycles. The maximum Gasteiger partial charge on any atom is 0.293 e. The molecule has 2 amide bonds. The Bertz CT molecular complexity index is 1490. The maximum absolute atomic E-state index is 13.0. The molecule has 2 aromatic heterocycles. The molecule has 0 aliphatic rings. The third-order valence-electron chi connectivity index (χ3n) is 5.54. The molecule has 6 heteroatoms. The normalized spacial score (nSPS) is 11.1. The molecule has 0 aliphatic carbocycles. The first-order valence-electron chi connectivity index (χ1n) is 10.6. The quantitative estimate of drug-likeness (QED) is 0.341. The van der Waals surface area contributed by atoms with Gasteiger partial charge in [-0.05, 0) is 50.2 Å². The third-order valence-corrected chi connectivity index (χ3v) is 5.54. The minimum Gasteiger partial charge on any atom is -0.464 e. The molecule has 164 valence electrons. The largest absolute Gasteiger partial charge is 0.464 e. The predicted molar refractivity (Wildman–Crippen MR) is 129 cm³/mol. The minimum absolute atomic E-state index is 0.0537. The maximum atomic E-state index is 13.0. The van der Waals surface area contributed by atoms with Gasteiger partial charge in [-0.1, -0.05) is 41.5 Å². The van der Waals surface area contributed by atoms with Crippen LogP contribution in [0, 0.1) is 13.8 Å². The van der Waals surface area contributed by atoms with Gasteiger partial charge in [0.05, 0.1) is 12.7 Å². The summed E-state index contributed by atoms with van der Waals surface area (Å²) < 4.78 is 11.4. The monoisotopic (exact) mass is 438 g/mol. The Balaban J connectivity index is 1.44. The second-order valence-electron chi connectivity index (χ2n) is 8.11. The van der Waals surface area contributed by atoms with Crippen LogP contribution in [0.3, 0.4) is 0 Å². The lowest BCUT2D eigenvalue weighted by Gasteiger charge is -2.07. The number of amides is 2. The zero-order valence-electron chi connectivity index (χ0n) is 18.3. The van der Waals surface area contributed by atoms with Crippen LogP contribution in [0.5, 0.6) is 0 Å². The number of fused-ring (bicyclic) bond motifs is 2. The van der Waals surface area contributed by atoms with Crippen molar-refractivity contribution in [1.82, 2.24) is 0 Å². The highest BCUT2D eigenvalue weighted by Crippen LogP contribution is 2.32. The van der Waals surface area contributed by atoms with Gasteiger partial charge in [0.2, 0.25) is 11.7 Å². The summed E-state index contributed by atoms with van der Waals surface area (Å²) in [7, 11) is 0. The Morgan fingerprint density at radius 3 is 2.39 bits per heavy atom. The molecule has 2 N–H and O–H groups in total. The average molecular weight is 438 g/mol. The van der Waals surface area contributed by atoms with E-state index in [1.807, 2.05) is 74.5 Å². The highest BCUT2D eigenvalue weighted by atomic mass is 16.3. The molecule has 5 rings (SSSR count). The van der Waals surface area contributed by atoms with Crippen LogP contribution >= 0.6 is 0 Å². The molecule has 0 radical (unpaired) electrons. The number of hydrogen-bond donors (Lipinski definition) is 2. The molecule has 0 spiro atoms. The second-order valence-corrected chi connectivity index (χ2v) is 8.11. The van der Waals surface area contributed by atoms with Crippen molar-refractivity contribution in [1.29, 1.82) is 0 Å². The standard InChI is InChI=1S/C27H22N2O4/c1-16-7-10-19(11-8-16)28-27(31)26-25(20-5-3-4-6-23(20)33-26)29-24(30)14-18-15-32-22-12-9-17(2)13-21(18)22/h3-13,15H,14H2,1-2H3,(H,28,31)(H,29,30). The van der Waals surface area contributed by atoms with Crippen molar-refractivity contribution in [2.75, 3.05) is 10.6 Å². The van der Waals surface area contributed by atoms with Crippen molar-refractivity contribution < 1.29 is 18.4 Å². The molecule has 0 atom stereocenters. The number of anilines is 2. The topological polar surface area (TPSA) is 84.5 Å². The lowest BCUT2D eigenvalue weighted by Crippen LogP contribution is -2.18. The van der Waals surface area contributed by atoms with Crippen LogP contribution in [0.4, 0.5) is 11.4 Å². The fraction of sp³-hybridized carbons (Fsp3) is 0.111. The van der Waals surface area contributed by atoms with E-state index >= 15 is 0 Å². The number of carbonyl (C=O) groups excluding carboxylic acids is 2. The van der Waals surface area contributed by atoms with Gasteiger partial charge in [-0.2, -0.15) is 0 Å². The zero-order valence-corrected chi connectivity index (χ0v) is 18.3. The molecular formula is C27H22N2O4. The Morgan fingerprint density at radius 1 is 0.818 bits per heavy atom. The number of rotatable bonds is 5. The fourth-order valence-electron chi connectivity index (χ4n) is 3.84. The van der Waals surface area contributed by atoms with E-state index in [2.05, 4.69) is 10.6 Å². The number of hydrogen-bond acceptors (Lipinski definition) is 4. The number of aryl methyl sites for hydroxylation is 2. The Morgan fingerprint density at radius 2 is 1.58 bits per heavy atom. The van der Waals surface area contributed by atoms with E-state index in [0.29, 0.717) is 22.3 Å². The van der Waals surface area contributed by atoms with E-state index in [9.17, 15) is 9.59 Å². The van der Waals surface area contributed by atoms with Crippen LogP contribution in [0.2, 0.25) is 0 Å². The van der Waals surface area contributed by atoms with Crippen LogP contribution in [0.15, 0.2) is 81.8 Å². The molecule has 0 fully saturated rings. The first-order chi connectivity index (χ1) is 16.0. The van der Waals surface area contributed by atoms with Gasteiger partial charge in [-0.25, -0.2) is 0 Å². The van der Waals surface area contributed by atoms with E-state index in [0.717, 1.165) is 27.7 Å². The van der Waals surface area contributed by atoms with Gasteiger partial charge in [-0.3, -0.25) is 9.59 Å². The Labute approximate surface area is 190 Å². The summed E-state index contributed by atoms with van der Waals surface area (Å²) in [5.41, 5.74) is 5.20. The van der Waals surface area contributed by atoms with E-state index in [1.165, 1.54) is 0 Å². The summed E-state index contributed by atoms with van der Waals surface area (Å²) in [6, 6.07) is 20.5. The van der Waals surface area contributed by atoms with Crippen LogP contribution in [0.1, 0.15) is 27.2 Å². The molecule has 0 saturated carbocycles. The van der Waals surface area contributed by atoms with E-state index in [-0.39, 0.29) is 18.1 Å². The minimum atomic E-state index is -0.435. The Hall–Kier alpha value is -4.32. The lowest BCUT2D eigenvalue weighted by atomic mass is 10.1. The van der Waals surface area contributed by atoms with Crippen molar-refractivity contribution in [3.05, 3.63) is 95.4 Å². The number of nitrogens with one attached hydrogen (secondary N) is 2. The first-order valence-corrected chi connectivity index (χ1v) is 10.6. The predicted octanol–water partition coefficient (Wildman–Crippen LogP) is 6.23. The summed E-state index contributed by atoms with van der Waals surface area (Å²) in [5, 5.41) is 7.29. The highest BCUT2D eigenvalue weighted by Gasteiger charge is 2.23. The van der Waals surface area contributed by atoms with Crippen LogP contribution in [-0.4, -0.2) is 11.8 Å². The first kappa shape index (κ1) is 20.6. The molecule has 0 unspecified atom stereocenters. The summed E-state index contributed by atoms with van der Waals surface area (Å²) in [6.07, 6.45) is 1.71. The highest BCUT2D eigenvalue weighted by molar-refractivity contribution is 6.14. The molecule has 0 bridgehead atoms. The molecule has 0 aliphatic heterocycles. The fourth-order valence-corrected chi connectivity index (χ4v) is 3.84. The van der Waals surface area contributed by atoms with E-state index in [1.54, 1.807) is 12.3 Å². The van der Waals surface area contributed by atoms with Crippen LogP contribution < -0.4 is 10.6 Å². The smallest absolute Gasteiger partial charge is 0.293 e. The van der Waals surface area contributed by atoms with Gasteiger partial charge in [-0.15, -0.1) is 0 Å². The SMILES string of the molecule is Cc1ccc(NC(=O)c2oc3ccccc3c2NC(=O)Cc2coc3ccc(C)cc23)cc1. The molecule has 5 aromatic rings. The van der Waals surface area contributed by atoms with Gasteiger partial charge in [0, 0.05) is 22.0 Å². The number of carbonyl (C=O) groups is 2. The van der Waals surface area contributed by atoms with Gasteiger partial charge in [0.1, 0.15) is 16.9 Å². The molecule has 3 aromatic carbocycles. The molecule has 33 heavy (non-hydrogen) atoms. The van der Waals surface area contributed by atoms with Gasteiger partial charge in [0.15, 0.2) is 0 Å².